The summed E-state index contributed by atoms with van der Waals surface area (Å²) in [6.45, 7) is 6.47. The third kappa shape index (κ3) is 4.44. The molecule has 0 spiro atoms. The van der Waals surface area contributed by atoms with Crippen LogP contribution in [0.4, 0.5) is 0 Å². The van der Waals surface area contributed by atoms with Gasteiger partial charge in [0, 0.05) is 19.6 Å². The fourth-order valence-electron chi connectivity index (χ4n) is 4.21. The van der Waals surface area contributed by atoms with Crippen LogP contribution in [0.5, 0.6) is 0 Å². The topological polar surface area (TPSA) is 18.5 Å². The van der Waals surface area contributed by atoms with Crippen LogP contribution in [0.15, 0.2) is 0 Å². The molecule has 0 bridgehead atoms. The van der Waals surface area contributed by atoms with Gasteiger partial charge in [-0.1, -0.05) is 12.8 Å². The van der Waals surface area contributed by atoms with Crippen LogP contribution in [-0.4, -0.2) is 63.7 Å². The SMILES string of the molecule is CNCC1(CN2CCC(CN(C)C)CC2)CCCC1. The van der Waals surface area contributed by atoms with E-state index < -0.39 is 0 Å². The highest BCUT2D eigenvalue weighted by atomic mass is 15.1. The summed E-state index contributed by atoms with van der Waals surface area (Å²) in [5.41, 5.74) is 0.586. The Balaban J connectivity index is 1.78. The standard InChI is InChI=1S/C16H33N3/c1-17-13-16(8-4-5-9-16)14-19-10-6-15(7-11-19)12-18(2)3/h15,17H,4-14H2,1-3H3. The van der Waals surface area contributed by atoms with Gasteiger partial charge < -0.3 is 15.1 Å². The molecule has 0 unspecified atom stereocenters. The maximum absolute atomic E-state index is 3.44. The predicted molar refractivity (Wildman–Crippen MR) is 82.5 cm³/mol. The van der Waals surface area contributed by atoms with Gasteiger partial charge >= 0.3 is 0 Å². The molecular weight excluding hydrogens is 234 g/mol. The molecule has 1 saturated carbocycles. The summed E-state index contributed by atoms with van der Waals surface area (Å²) < 4.78 is 0. The fraction of sp³-hybridized carbons (Fsp3) is 1.00. The van der Waals surface area contributed by atoms with E-state index in [0.717, 1.165) is 5.92 Å². The molecule has 1 heterocycles. The summed E-state index contributed by atoms with van der Waals surface area (Å²) in [7, 11) is 6.52. The van der Waals surface area contributed by atoms with Gasteiger partial charge in [-0.2, -0.15) is 0 Å². The number of hydrogen-bond donors (Lipinski definition) is 1. The van der Waals surface area contributed by atoms with Gasteiger partial charge in [0.25, 0.3) is 0 Å². The molecule has 2 rings (SSSR count). The number of hydrogen-bond acceptors (Lipinski definition) is 3. The van der Waals surface area contributed by atoms with Gasteiger partial charge in [-0.15, -0.1) is 0 Å². The van der Waals surface area contributed by atoms with Crippen molar-refractivity contribution in [2.75, 3.05) is 53.9 Å². The molecule has 0 aromatic rings. The Hall–Kier alpha value is -0.120. The lowest BCUT2D eigenvalue weighted by Gasteiger charge is -2.39. The molecule has 3 heteroatoms. The lowest BCUT2D eigenvalue weighted by molar-refractivity contribution is 0.103. The molecule has 2 fully saturated rings. The second kappa shape index (κ2) is 7.05. The van der Waals surface area contributed by atoms with Gasteiger partial charge in [0.2, 0.25) is 0 Å². The molecule has 0 radical (unpaired) electrons. The molecule has 2 aliphatic rings. The van der Waals surface area contributed by atoms with Crippen LogP contribution in [0.25, 0.3) is 0 Å². The summed E-state index contributed by atoms with van der Waals surface area (Å²) >= 11 is 0. The molecule has 1 N–H and O–H groups in total. The first-order valence-electron chi connectivity index (χ1n) is 8.15. The molecule has 0 aromatic carbocycles. The van der Waals surface area contributed by atoms with Crippen molar-refractivity contribution >= 4 is 0 Å². The molecule has 0 amide bonds. The van der Waals surface area contributed by atoms with Gasteiger partial charge in [0.05, 0.1) is 0 Å². The van der Waals surface area contributed by atoms with Crippen molar-refractivity contribution in [1.29, 1.82) is 0 Å². The first-order valence-corrected chi connectivity index (χ1v) is 8.15. The number of likely N-dealkylation sites (tertiary alicyclic amines) is 1. The summed E-state index contributed by atoms with van der Waals surface area (Å²) in [5.74, 6) is 0.926. The lowest BCUT2D eigenvalue weighted by atomic mass is 9.84. The van der Waals surface area contributed by atoms with Crippen molar-refractivity contribution in [3.8, 4) is 0 Å². The third-order valence-corrected chi connectivity index (χ3v) is 5.11. The minimum atomic E-state index is 0.586. The average molecular weight is 267 g/mol. The molecule has 1 aliphatic heterocycles. The number of piperidine rings is 1. The molecule has 3 nitrogen and oxygen atoms in total. The number of nitrogens with zero attached hydrogens (tertiary/aromatic N) is 2. The van der Waals surface area contributed by atoms with Gasteiger partial charge in [0.1, 0.15) is 0 Å². The van der Waals surface area contributed by atoms with Gasteiger partial charge in [-0.3, -0.25) is 0 Å². The van der Waals surface area contributed by atoms with E-state index in [4.69, 9.17) is 0 Å². The second-order valence-corrected chi connectivity index (χ2v) is 7.22. The summed E-state index contributed by atoms with van der Waals surface area (Å²) in [6.07, 6.45) is 8.55. The largest absolute Gasteiger partial charge is 0.319 e. The van der Waals surface area contributed by atoms with Crippen molar-refractivity contribution < 1.29 is 0 Å². The quantitative estimate of drug-likeness (QED) is 0.794. The molecular formula is C16H33N3. The van der Waals surface area contributed by atoms with Crippen LogP contribution in [-0.2, 0) is 0 Å². The lowest BCUT2D eigenvalue weighted by Crippen LogP contribution is -2.45. The molecule has 1 saturated heterocycles. The first kappa shape index (κ1) is 15.3. The summed E-state index contributed by atoms with van der Waals surface area (Å²) in [6, 6.07) is 0. The van der Waals surface area contributed by atoms with Crippen molar-refractivity contribution in [3.63, 3.8) is 0 Å². The Morgan fingerprint density at radius 2 is 1.79 bits per heavy atom. The second-order valence-electron chi connectivity index (χ2n) is 7.22. The zero-order chi connectivity index (χ0) is 13.7. The first-order chi connectivity index (χ1) is 9.13. The van der Waals surface area contributed by atoms with E-state index in [1.54, 1.807) is 0 Å². The van der Waals surface area contributed by atoms with E-state index in [-0.39, 0.29) is 0 Å². The normalized spacial score (nSPS) is 25.3. The molecule has 112 valence electrons. The highest BCUT2D eigenvalue weighted by Crippen LogP contribution is 2.38. The Labute approximate surface area is 119 Å². The van der Waals surface area contributed by atoms with Gasteiger partial charge in [-0.05, 0) is 71.2 Å². The average Bonchev–Trinajstić information content (AvgIpc) is 2.80. The third-order valence-electron chi connectivity index (χ3n) is 5.11. The van der Waals surface area contributed by atoms with Crippen LogP contribution in [0, 0.1) is 11.3 Å². The summed E-state index contributed by atoms with van der Waals surface area (Å²) in [5, 5.41) is 3.44. The van der Waals surface area contributed by atoms with Crippen LogP contribution in [0.1, 0.15) is 38.5 Å². The van der Waals surface area contributed by atoms with E-state index >= 15 is 0 Å². The highest BCUT2D eigenvalue weighted by Gasteiger charge is 2.35. The predicted octanol–water partition coefficient (Wildman–Crippen LogP) is 2.04. The van der Waals surface area contributed by atoms with Crippen molar-refractivity contribution in [3.05, 3.63) is 0 Å². The minimum absolute atomic E-state index is 0.586. The maximum atomic E-state index is 3.44. The van der Waals surface area contributed by atoms with E-state index in [1.807, 2.05) is 0 Å². The molecule has 0 atom stereocenters. The van der Waals surface area contributed by atoms with Crippen molar-refractivity contribution in [2.45, 2.75) is 38.5 Å². The molecule has 1 aliphatic carbocycles. The van der Waals surface area contributed by atoms with E-state index in [1.165, 1.54) is 71.2 Å². The molecule has 19 heavy (non-hydrogen) atoms. The van der Waals surface area contributed by atoms with Gasteiger partial charge in [0.15, 0.2) is 0 Å². The Morgan fingerprint density at radius 3 is 2.32 bits per heavy atom. The zero-order valence-corrected chi connectivity index (χ0v) is 13.2. The number of nitrogens with one attached hydrogen (secondary N) is 1. The van der Waals surface area contributed by atoms with Crippen LogP contribution in [0.2, 0.25) is 0 Å². The monoisotopic (exact) mass is 267 g/mol. The van der Waals surface area contributed by atoms with E-state index in [9.17, 15) is 0 Å². The molecule has 0 aromatic heterocycles. The Bertz CT molecular complexity index is 251. The summed E-state index contributed by atoms with van der Waals surface area (Å²) in [4.78, 5) is 5.09. The minimum Gasteiger partial charge on any atom is -0.319 e. The zero-order valence-electron chi connectivity index (χ0n) is 13.2. The Morgan fingerprint density at radius 1 is 1.16 bits per heavy atom. The smallest absolute Gasteiger partial charge is 0.00501 e. The Kier molecular flexibility index (Phi) is 5.67. The van der Waals surface area contributed by atoms with Crippen LogP contribution < -0.4 is 5.32 Å². The van der Waals surface area contributed by atoms with Crippen LogP contribution >= 0.6 is 0 Å². The highest BCUT2D eigenvalue weighted by molar-refractivity contribution is 4.90. The maximum Gasteiger partial charge on any atom is 0.00501 e. The number of rotatable bonds is 6. The van der Waals surface area contributed by atoms with E-state index in [2.05, 4.69) is 36.3 Å². The van der Waals surface area contributed by atoms with Crippen LogP contribution in [0.3, 0.4) is 0 Å². The van der Waals surface area contributed by atoms with Gasteiger partial charge in [-0.25, -0.2) is 0 Å². The van der Waals surface area contributed by atoms with Crippen molar-refractivity contribution in [1.82, 2.24) is 15.1 Å². The van der Waals surface area contributed by atoms with Crippen molar-refractivity contribution in [2.24, 2.45) is 11.3 Å². The fourth-order valence-corrected chi connectivity index (χ4v) is 4.21. The van der Waals surface area contributed by atoms with E-state index in [0.29, 0.717) is 5.41 Å².